The van der Waals surface area contributed by atoms with Gasteiger partial charge in [0.15, 0.2) is 0 Å². The molecule has 3 nitrogen and oxygen atoms in total. The second-order valence-corrected chi connectivity index (χ2v) is 6.07. The standard InChI is InChI=1S/C12H17BrN2OS/c13-5-9-3-1-2-4-10(9)6-15-12(16)11-7-14-8-17-11/h7-10H,1-6H2,(H,15,16). The Balaban J connectivity index is 1.82. The summed E-state index contributed by atoms with van der Waals surface area (Å²) in [6.45, 7) is 0.799. The number of rotatable bonds is 4. The lowest BCUT2D eigenvalue weighted by atomic mass is 9.80. The molecule has 2 unspecified atom stereocenters. The topological polar surface area (TPSA) is 42.0 Å². The number of alkyl halides is 1. The van der Waals surface area contributed by atoms with Gasteiger partial charge in [-0.3, -0.25) is 9.78 Å². The van der Waals surface area contributed by atoms with Gasteiger partial charge in [-0.05, 0) is 24.7 Å². The number of nitrogens with one attached hydrogen (secondary N) is 1. The Labute approximate surface area is 114 Å². The van der Waals surface area contributed by atoms with E-state index in [1.807, 2.05) is 0 Å². The third kappa shape index (κ3) is 3.52. The van der Waals surface area contributed by atoms with E-state index < -0.39 is 0 Å². The molecule has 0 saturated heterocycles. The van der Waals surface area contributed by atoms with Crippen molar-refractivity contribution in [2.45, 2.75) is 25.7 Å². The van der Waals surface area contributed by atoms with Gasteiger partial charge in [0.05, 0.1) is 11.7 Å². The van der Waals surface area contributed by atoms with Crippen LogP contribution in [0.1, 0.15) is 35.4 Å². The van der Waals surface area contributed by atoms with Gasteiger partial charge < -0.3 is 5.32 Å². The molecule has 0 spiro atoms. The highest BCUT2D eigenvalue weighted by atomic mass is 79.9. The average molecular weight is 317 g/mol. The van der Waals surface area contributed by atoms with Crippen LogP contribution < -0.4 is 5.32 Å². The maximum absolute atomic E-state index is 11.8. The fourth-order valence-electron chi connectivity index (χ4n) is 2.40. The predicted octanol–water partition coefficient (Wildman–Crippen LogP) is 3.07. The van der Waals surface area contributed by atoms with Crippen LogP contribution in [0.15, 0.2) is 11.7 Å². The van der Waals surface area contributed by atoms with Crippen LogP contribution in [0.5, 0.6) is 0 Å². The number of aromatic nitrogens is 1. The van der Waals surface area contributed by atoms with Gasteiger partial charge in [-0.1, -0.05) is 28.8 Å². The normalized spacial score (nSPS) is 24.5. The summed E-state index contributed by atoms with van der Waals surface area (Å²) in [4.78, 5) is 16.4. The molecule has 0 radical (unpaired) electrons. The van der Waals surface area contributed by atoms with E-state index >= 15 is 0 Å². The number of carbonyl (C=O) groups is 1. The zero-order valence-electron chi connectivity index (χ0n) is 9.69. The monoisotopic (exact) mass is 316 g/mol. The highest BCUT2D eigenvalue weighted by molar-refractivity contribution is 9.09. The molecule has 1 fully saturated rings. The van der Waals surface area contributed by atoms with Crippen LogP contribution in [0.4, 0.5) is 0 Å². The number of hydrogen-bond donors (Lipinski definition) is 1. The molecule has 1 aromatic heterocycles. The summed E-state index contributed by atoms with van der Waals surface area (Å²) in [6, 6.07) is 0. The Bertz CT molecular complexity index is 355. The van der Waals surface area contributed by atoms with Gasteiger partial charge in [0.2, 0.25) is 0 Å². The van der Waals surface area contributed by atoms with Crippen molar-refractivity contribution in [3.8, 4) is 0 Å². The van der Waals surface area contributed by atoms with Crippen LogP contribution in [0, 0.1) is 11.8 Å². The van der Waals surface area contributed by atoms with Crippen LogP contribution in [0.3, 0.4) is 0 Å². The highest BCUT2D eigenvalue weighted by Crippen LogP contribution is 2.30. The van der Waals surface area contributed by atoms with Gasteiger partial charge in [-0.25, -0.2) is 0 Å². The molecule has 17 heavy (non-hydrogen) atoms. The van der Waals surface area contributed by atoms with Gasteiger partial charge in [-0.15, -0.1) is 11.3 Å². The molecule has 1 saturated carbocycles. The van der Waals surface area contributed by atoms with Crippen LogP contribution >= 0.6 is 27.3 Å². The first kappa shape index (κ1) is 13.0. The first-order valence-electron chi connectivity index (χ1n) is 6.04. The Morgan fingerprint density at radius 2 is 2.24 bits per heavy atom. The fourth-order valence-corrected chi connectivity index (χ4v) is 3.78. The molecule has 2 atom stereocenters. The van der Waals surface area contributed by atoms with Gasteiger partial charge in [0.1, 0.15) is 4.88 Å². The van der Waals surface area contributed by atoms with Crippen LogP contribution in [0.25, 0.3) is 0 Å². The second-order valence-electron chi connectivity index (χ2n) is 4.53. The van der Waals surface area contributed by atoms with Crippen LogP contribution in [-0.2, 0) is 0 Å². The molecule has 1 aliphatic rings. The zero-order chi connectivity index (χ0) is 12.1. The summed E-state index contributed by atoms with van der Waals surface area (Å²) in [5.74, 6) is 1.36. The first-order chi connectivity index (χ1) is 8.31. The molecule has 0 aliphatic heterocycles. The summed E-state index contributed by atoms with van der Waals surface area (Å²) in [5, 5.41) is 4.08. The minimum Gasteiger partial charge on any atom is -0.351 e. The smallest absolute Gasteiger partial charge is 0.263 e. The highest BCUT2D eigenvalue weighted by Gasteiger charge is 2.24. The van der Waals surface area contributed by atoms with Crippen molar-refractivity contribution in [3.05, 3.63) is 16.6 Å². The van der Waals surface area contributed by atoms with Gasteiger partial charge in [0, 0.05) is 11.9 Å². The summed E-state index contributed by atoms with van der Waals surface area (Å²) in [6.07, 6.45) is 6.77. The Hall–Kier alpha value is -0.420. The molecule has 0 bridgehead atoms. The Kier molecular flexibility index (Phi) is 4.98. The molecule has 1 amide bonds. The van der Waals surface area contributed by atoms with Crippen molar-refractivity contribution in [1.29, 1.82) is 0 Å². The van der Waals surface area contributed by atoms with Gasteiger partial charge >= 0.3 is 0 Å². The molecular weight excluding hydrogens is 300 g/mol. The van der Waals surface area contributed by atoms with E-state index in [2.05, 4.69) is 26.2 Å². The van der Waals surface area contributed by atoms with E-state index in [9.17, 15) is 4.79 Å². The molecule has 1 N–H and O–H groups in total. The maximum atomic E-state index is 11.8. The number of nitrogens with zero attached hydrogens (tertiary/aromatic N) is 1. The molecular formula is C12H17BrN2OS. The van der Waals surface area contributed by atoms with Crippen molar-refractivity contribution >= 4 is 33.2 Å². The number of amides is 1. The number of halogens is 1. The van der Waals surface area contributed by atoms with Gasteiger partial charge in [0.25, 0.3) is 5.91 Å². The Morgan fingerprint density at radius 3 is 2.88 bits per heavy atom. The maximum Gasteiger partial charge on any atom is 0.263 e. The second kappa shape index (κ2) is 6.50. The number of thiazole rings is 1. The zero-order valence-corrected chi connectivity index (χ0v) is 12.1. The SMILES string of the molecule is O=C(NCC1CCCCC1CBr)c1cncs1. The lowest BCUT2D eigenvalue weighted by Gasteiger charge is -2.30. The van der Waals surface area contributed by atoms with E-state index in [0.717, 1.165) is 11.9 Å². The third-order valence-corrected chi connectivity index (χ3v) is 5.05. The molecule has 94 valence electrons. The van der Waals surface area contributed by atoms with E-state index in [1.54, 1.807) is 11.7 Å². The molecule has 2 rings (SSSR count). The molecule has 1 aliphatic carbocycles. The summed E-state index contributed by atoms with van der Waals surface area (Å²) in [7, 11) is 0. The lowest BCUT2D eigenvalue weighted by Crippen LogP contribution is -2.34. The van der Waals surface area contributed by atoms with Gasteiger partial charge in [-0.2, -0.15) is 0 Å². The van der Waals surface area contributed by atoms with E-state index in [-0.39, 0.29) is 5.91 Å². The number of carbonyl (C=O) groups excluding carboxylic acids is 1. The van der Waals surface area contributed by atoms with Crippen molar-refractivity contribution < 1.29 is 4.79 Å². The molecule has 1 aromatic rings. The predicted molar refractivity (Wildman–Crippen MR) is 73.7 cm³/mol. The quantitative estimate of drug-likeness (QED) is 0.867. The number of hydrogen-bond acceptors (Lipinski definition) is 3. The van der Waals surface area contributed by atoms with E-state index in [4.69, 9.17) is 0 Å². The molecule has 0 aromatic carbocycles. The third-order valence-electron chi connectivity index (χ3n) is 3.45. The molecule has 1 heterocycles. The van der Waals surface area contributed by atoms with E-state index in [1.165, 1.54) is 37.0 Å². The van der Waals surface area contributed by atoms with Crippen LogP contribution in [0.2, 0.25) is 0 Å². The van der Waals surface area contributed by atoms with Crippen molar-refractivity contribution in [1.82, 2.24) is 10.3 Å². The summed E-state index contributed by atoms with van der Waals surface area (Å²) < 4.78 is 0. The summed E-state index contributed by atoms with van der Waals surface area (Å²) >= 11 is 4.97. The van der Waals surface area contributed by atoms with Crippen molar-refractivity contribution in [2.75, 3.05) is 11.9 Å². The fraction of sp³-hybridized carbons (Fsp3) is 0.667. The first-order valence-corrected chi connectivity index (χ1v) is 8.04. The minimum atomic E-state index is 0.0198. The van der Waals surface area contributed by atoms with Crippen LogP contribution in [-0.4, -0.2) is 22.8 Å². The minimum absolute atomic E-state index is 0.0198. The van der Waals surface area contributed by atoms with Crippen molar-refractivity contribution in [2.24, 2.45) is 11.8 Å². The van der Waals surface area contributed by atoms with Crippen molar-refractivity contribution in [3.63, 3.8) is 0 Å². The molecule has 5 heteroatoms. The Morgan fingerprint density at radius 1 is 1.47 bits per heavy atom. The largest absolute Gasteiger partial charge is 0.351 e. The lowest BCUT2D eigenvalue weighted by molar-refractivity contribution is 0.0941. The average Bonchev–Trinajstić information content (AvgIpc) is 2.90. The van der Waals surface area contributed by atoms with E-state index in [0.29, 0.717) is 16.7 Å². The summed E-state index contributed by atoms with van der Waals surface area (Å²) in [5.41, 5.74) is 1.69.